The fourth-order valence-electron chi connectivity index (χ4n) is 2.49. The Morgan fingerprint density at radius 1 is 1.41 bits per heavy atom. The number of hydrogen-bond acceptors (Lipinski definition) is 4. The lowest BCUT2D eigenvalue weighted by molar-refractivity contribution is -0.139. The maximum Gasteiger partial charge on any atom is 0.250 e. The average molecular weight is 242 g/mol. The molecule has 5 nitrogen and oxygen atoms in total. The van der Waals surface area contributed by atoms with Crippen molar-refractivity contribution in [2.45, 2.75) is 43.9 Å². The van der Waals surface area contributed by atoms with E-state index in [4.69, 9.17) is 4.74 Å². The Balaban J connectivity index is 1.83. The number of rotatable bonds is 2. The number of carbonyl (C=O) groups excluding carboxylic acids is 1. The summed E-state index contributed by atoms with van der Waals surface area (Å²) in [5.41, 5.74) is 0. The van der Waals surface area contributed by atoms with E-state index in [2.05, 4.69) is 10.2 Å². The van der Waals surface area contributed by atoms with Crippen molar-refractivity contribution in [3.05, 3.63) is 0 Å². The van der Waals surface area contributed by atoms with Crippen molar-refractivity contribution in [3.8, 4) is 0 Å². The van der Waals surface area contributed by atoms with Crippen LogP contribution in [-0.2, 0) is 9.53 Å². The van der Waals surface area contributed by atoms with Crippen LogP contribution in [0.2, 0.25) is 0 Å². The highest BCUT2D eigenvalue weighted by molar-refractivity contribution is 5.81. The molecule has 1 saturated carbocycles. The van der Waals surface area contributed by atoms with Gasteiger partial charge in [0.25, 0.3) is 5.91 Å². The molecule has 0 radical (unpaired) electrons. The van der Waals surface area contributed by atoms with Gasteiger partial charge in [-0.2, -0.15) is 0 Å². The summed E-state index contributed by atoms with van der Waals surface area (Å²) in [7, 11) is 1.98. The Morgan fingerprint density at radius 2 is 2.18 bits per heavy atom. The number of hydrogen-bond donors (Lipinski definition) is 2. The van der Waals surface area contributed by atoms with E-state index in [1.54, 1.807) is 0 Å². The molecule has 0 bridgehead atoms. The molecule has 1 heterocycles. The van der Waals surface area contributed by atoms with Gasteiger partial charge in [-0.25, -0.2) is 0 Å². The van der Waals surface area contributed by atoms with Crippen LogP contribution in [0.25, 0.3) is 0 Å². The largest absolute Gasteiger partial charge is 0.391 e. The minimum atomic E-state index is -0.394. The first-order valence-electron chi connectivity index (χ1n) is 6.45. The van der Waals surface area contributed by atoms with Crippen LogP contribution in [0.3, 0.4) is 0 Å². The van der Waals surface area contributed by atoms with E-state index in [-0.39, 0.29) is 18.1 Å². The summed E-state index contributed by atoms with van der Waals surface area (Å²) in [6.07, 6.45) is 3.01. The fraction of sp³-hybridized carbons (Fsp3) is 0.917. The van der Waals surface area contributed by atoms with Crippen molar-refractivity contribution in [1.29, 1.82) is 0 Å². The summed E-state index contributed by atoms with van der Waals surface area (Å²) < 4.78 is 5.45. The van der Waals surface area contributed by atoms with Gasteiger partial charge in [0.2, 0.25) is 0 Å². The molecule has 0 aromatic heterocycles. The van der Waals surface area contributed by atoms with Crippen LogP contribution in [0.1, 0.15) is 25.7 Å². The van der Waals surface area contributed by atoms with Gasteiger partial charge in [0, 0.05) is 13.1 Å². The summed E-state index contributed by atoms with van der Waals surface area (Å²) >= 11 is 0. The van der Waals surface area contributed by atoms with Crippen LogP contribution in [0.4, 0.5) is 0 Å². The van der Waals surface area contributed by atoms with E-state index in [1.165, 1.54) is 0 Å². The predicted octanol–water partition coefficient (Wildman–Crippen LogP) is -0.263. The van der Waals surface area contributed by atoms with E-state index in [9.17, 15) is 9.90 Å². The van der Waals surface area contributed by atoms with Crippen molar-refractivity contribution in [2.75, 3.05) is 26.7 Å². The van der Waals surface area contributed by atoms with Crippen LogP contribution < -0.4 is 5.32 Å². The van der Waals surface area contributed by atoms with Crippen LogP contribution in [0, 0.1) is 0 Å². The van der Waals surface area contributed by atoms with Crippen molar-refractivity contribution in [2.24, 2.45) is 0 Å². The van der Waals surface area contributed by atoms with Gasteiger partial charge in [-0.05, 0) is 19.9 Å². The van der Waals surface area contributed by atoms with E-state index < -0.39 is 6.10 Å². The molecule has 1 aliphatic carbocycles. The normalized spacial score (nSPS) is 35.5. The van der Waals surface area contributed by atoms with E-state index >= 15 is 0 Å². The molecule has 1 saturated heterocycles. The number of nitrogens with one attached hydrogen (secondary N) is 1. The van der Waals surface area contributed by atoms with Crippen molar-refractivity contribution < 1.29 is 14.6 Å². The van der Waals surface area contributed by atoms with Gasteiger partial charge in [-0.1, -0.05) is 12.8 Å². The van der Waals surface area contributed by atoms with E-state index in [0.29, 0.717) is 13.2 Å². The zero-order valence-corrected chi connectivity index (χ0v) is 10.4. The number of morpholine rings is 1. The highest BCUT2D eigenvalue weighted by Crippen LogP contribution is 2.18. The number of ether oxygens (including phenoxy) is 1. The molecule has 2 rings (SSSR count). The standard InChI is InChI=1S/C12H22N2O3/c1-14-6-7-17-11(8-14)12(16)13-9-4-2-3-5-10(9)15/h9-11,15H,2-8H2,1H3,(H,13,16)/t9-,10-,11+/m1/s1. The minimum Gasteiger partial charge on any atom is -0.391 e. The molecule has 98 valence electrons. The molecular weight excluding hydrogens is 220 g/mol. The lowest BCUT2D eigenvalue weighted by Gasteiger charge is -2.33. The van der Waals surface area contributed by atoms with Crippen molar-refractivity contribution in [1.82, 2.24) is 10.2 Å². The first-order valence-corrected chi connectivity index (χ1v) is 6.45. The second kappa shape index (κ2) is 5.80. The maximum absolute atomic E-state index is 12.0. The Bertz CT molecular complexity index is 272. The number of aliphatic hydroxyl groups excluding tert-OH is 1. The van der Waals surface area contributed by atoms with Crippen LogP contribution >= 0.6 is 0 Å². The van der Waals surface area contributed by atoms with Gasteiger partial charge >= 0.3 is 0 Å². The molecule has 5 heteroatoms. The molecule has 0 spiro atoms. The topological polar surface area (TPSA) is 61.8 Å². The minimum absolute atomic E-state index is 0.0810. The second-order valence-electron chi connectivity index (χ2n) is 5.09. The molecule has 1 amide bonds. The van der Waals surface area contributed by atoms with Crippen molar-refractivity contribution >= 4 is 5.91 Å². The first kappa shape index (κ1) is 12.8. The molecule has 2 N–H and O–H groups in total. The summed E-state index contributed by atoms with van der Waals surface area (Å²) in [6, 6.07) is -0.0907. The monoisotopic (exact) mass is 242 g/mol. The van der Waals surface area contributed by atoms with Crippen LogP contribution in [-0.4, -0.2) is 60.9 Å². The van der Waals surface area contributed by atoms with Gasteiger partial charge in [0.1, 0.15) is 6.10 Å². The number of carbonyl (C=O) groups is 1. The molecule has 0 aromatic rings. The molecule has 2 aliphatic rings. The Morgan fingerprint density at radius 3 is 2.88 bits per heavy atom. The van der Waals surface area contributed by atoms with E-state index in [1.807, 2.05) is 7.05 Å². The Hall–Kier alpha value is -0.650. The molecular formula is C12H22N2O3. The third-order valence-corrected chi connectivity index (χ3v) is 3.62. The summed E-state index contributed by atoms with van der Waals surface area (Å²) in [5.74, 6) is -0.0810. The summed E-state index contributed by atoms with van der Waals surface area (Å²) in [6.45, 7) is 2.10. The Kier molecular flexibility index (Phi) is 4.36. The van der Waals surface area contributed by atoms with Gasteiger partial charge in [0.15, 0.2) is 0 Å². The molecule has 17 heavy (non-hydrogen) atoms. The van der Waals surface area contributed by atoms with Crippen molar-refractivity contribution in [3.63, 3.8) is 0 Å². The summed E-state index contributed by atoms with van der Waals surface area (Å²) in [4.78, 5) is 14.1. The van der Waals surface area contributed by atoms with Gasteiger partial charge < -0.3 is 20.1 Å². The molecule has 0 aromatic carbocycles. The zero-order valence-electron chi connectivity index (χ0n) is 10.4. The lowest BCUT2D eigenvalue weighted by Crippen LogP contribution is -2.53. The predicted molar refractivity (Wildman–Crippen MR) is 63.6 cm³/mol. The highest BCUT2D eigenvalue weighted by atomic mass is 16.5. The molecule has 0 unspecified atom stereocenters. The third kappa shape index (κ3) is 3.40. The molecule has 1 aliphatic heterocycles. The molecule has 2 fully saturated rings. The lowest BCUT2D eigenvalue weighted by atomic mass is 9.92. The highest BCUT2D eigenvalue weighted by Gasteiger charge is 2.30. The SMILES string of the molecule is CN1CCO[C@H](C(=O)N[C@@H]2CCCC[C@H]2O)C1. The fourth-order valence-corrected chi connectivity index (χ4v) is 2.49. The smallest absolute Gasteiger partial charge is 0.250 e. The maximum atomic E-state index is 12.0. The number of amides is 1. The van der Waals surface area contributed by atoms with E-state index in [0.717, 1.165) is 32.2 Å². The number of likely N-dealkylation sites (N-methyl/N-ethyl adjacent to an activating group) is 1. The van der Waals surface area contributed by atoms with Crippen LogP contribution in [0.5, 0.6) is 0 Å². The quantitative estimate of drug-likeness (QED) is 0.700. The second-order valence-corrected chi connectivity index (χ2v) is 5.09. The van der Waals surface area contributed by atoms with Gasteiger partial charge in [0.05, 0.1) is 18.8 Å². The zero-order chi connectivity index (χ0) is 12.3. The number of aliphatic hydroxyl groups is 1. The third-order valence-electron chi connectivity index (χ3n) is 3.62. The van der Waals surface area contributed by atoms with Gasteiger partial charge in [-0.3, -0.25) is 4.79 Å². The van der Waals surface area contributed by atoms with Gasteiger partial charge in [-0.15, -0.1) is 0 Å². The number of nitrogens with zero attached hydrogens (tertiary/aromatic N) is 1. The Labute approximate surface area is 102 Å². The molecule has 3 atom stereocenters. The summed E-state index contributed by atoms with van der Waals surface area (Å²) in [5, 5.41) is 12.7. The first-order chi connectivity index (χ1) is 8.16. The van der Waals surface area contributed by atoms with Crippen LogP contribution in [0.15, 0.2) is 0 Å². The average Bonchev–Trinajstić information content (AvgIpc) is 2.32.